The van der Waals surface area contributed by atoms with Crippen LogP contribution < -0.4 is 4.90 Å². The molecule has 1 heterocycles. The summed E-state index contributed by atoms with van der Waals surface area (Å²) in [6.45, 7) is 2.45. The normalized spacial score (nSPS) is 15.3. The molecule has 1 amide bonds. The number of benzene rings is 1. The number of halogens is 1. The number of ether oxygens (including phenoxy) is 1. The first-order valence-electron chi connectivity index (χ1n) is 6.65. The van der Waals surface area contributed by atoms with Crippen molar-refractivity contribution in [3.05, 3.63) is 42.2 Å². The van der Waals surface area contributed by atoms with Gasteiger partial charge in [0.1, 0.15) is 5.82 Å². The van der Waals surface area contributed by atoms with Crippen LogP contribution in [-0.4, -0.2) is 50.1 Å². The van der Waals surface area contributed by atoms with Gasteiger partial charge in [-0.1, -0.05) is 0 Å². The summed E-state index contributed by atoms with van der Waals surface area (Å²) in [7, 11) is 1.26. The van der Waals surface area contributed by atoms with Crippen molar-refractivity contribution in [2.75, 3.05) is 38.2 Å². The zero-order chi connectivity index (χ0) is 15.2. The molecular formula is C15H17FN2O3. The van der Waals surface area contributed by atoms with Crippen LogP contribution in [0.2, 0.25) is 0 Å². The van der Waals surface area contributed by atoms with E-state index in [1.165, 1.54) is 25.3 Å². The Morgan fingerprint density at radius 2 is 1.71 bits per heavy atom. The molecule has 0 atom stereocenters. The van der Waals surface area contributed by atoms with Crippen LogP contribution in [0.5, 0.6) is 0 Å². The molecule has 1 fully saturated rings. The minimum Gasteiger partial charge on any atom is -0.466 e. The average Bonchev–Trinajstić information content (AvgIpc) is 2.53. The summed E-state index contributed by atoms with van der Waals surface area (Å²) in [5, 5.41) is 0. The van der Waals surface area contributed by atoms with Crippen LogP contribution in [0.4, 0.5) is 10.1 Å². The van der Waals surface area contributed by atoms with Crippen molar-refractivity contribution in [2.45, 2.75) is 0 Å². The van der Waals surface area contributed by atoms with E-state index in [9.17, 15) is 14.0 Å². The van der Waals surface area contributed by atoms with Crippen LogP contribution in [0.3, 0.4) is 0 Å². The molecule has 0 saturated carbocycles. The van der Waals surface area contributed by atoms with E-state index in [1.54, 1.807) is 17.0 Å². The van der Waals surface area contributed by atoms with Gasteiger partial charge in [-0.3, -0.25) is 4.79 Å². The minimum absolute atomic E-state index is 0.209. The Morgan fingerprint density at radius 3 is 2.29 bits per heavy atom. The lowest BCUT2D eigenvalue weighted by atomic mass is 10.2. The maximum Gasteiger partial charge on any atom is 0.330 e. The third-order valence-corrected chi connectivity index (χ3v) is 3.35. The number of carbonyl (C=O) groups excluding carboxylic acids is 2. The molecule has 0 spiro atoms. The Hall–Kier alpha value is -2.37. The van der Waals surface area contributed by atoms with Gasteiger partial charge >= 0.3 is 5.97 Å². The first-order valence-corrected chi connectivity index (χ1v) is 6.65. The molecule has 1 aromatic carbocycles. The van der Waals surface area contributed by atoms with Gasteiger partial charge in [0, 0.05) is 44.0 Å². The van der Waals surface area contributed by atoms with Crippen LogP contribution in [0, 0.1) is 5.82 Å². The smallest absolute Gasteiger partial charge is 0.330 e. The number of carbonyl (C=O) groups is 2. The van der Waals surface area contributed by atoms with Crippen LogP contribution in [0.1, 0.15) is 0 Å². The van der Waals surface area contributed by atoms with Gasteiger partial charge in [0.05, 0.1) is 7.11 Å². The van der Waals surface area contributed by atoms with E-state index >= 15 is 0 Å². The lowest BCUT2D eigenvalue weighted by Gasteiger charge is -2.35. The summed E-state index contributed by atoms with van der Waals surface area (Å²) in [4.78, 5) is 26.6. The molecule has 112 valence electrons. The Morgan fingerprint density at radius 1 is 1.10 bits per heavy atom. The molecule has 0 aliphatic carbocycles. The van der Waals surface area contributed by atoms with Gasteiger partial charge in [0.2, 0.25) is 5.91 Å². The largest absolute Gasteiger partial charge is 0.466 e. The van der Waals surface area contributed by atoms with E-state index < -0.39 is 5.97 Å². The molecule has 2 rings (SSSR count). The molecule has 0 radical (unpaired) electrons. The summed E-state index contributed by atoms with van der Waals surface area (Å²) < 4.78 is 17.3. The number of esters is 1. The molecule has 1 aliphatic heterocycles. The zero-order valence-corrected chi connectivity index (χ0v) is 11.8. The van der Waals surface area contributed by atoms with Gasteiger partial charge in [0.15, 0.2) is 0 Å². The van der Waals surface area contributed by atoms with Crippen LogP contribution in [-0.2, 0) is 14.3 Å². The molecule has 0 aromatic heterocycles. The highest BCUT2D eigenvalue weighted by molar-refractivity contribution is 5.94. The Kier molecular flexibility index (Phi) is 4.92. The predicted molar refractivity (Wildman–Crippen MR) is 76.3 cm³/mol. The summed E-state index contributed by atoms with van der Waals surface area (Å²) in [5.74, 6) is -1.02. The fraction of sp³-hybridized carbons (Fsp3) is 0.333. The number of hydrogen-bond acceptors (Lipinski definition) is 4. The van der Waals surface area contributed by atoms with Crippen molar-refractivity contribution < 1.29 is 18.7 Å². The van der Waals surface area contributed by atoms with Gasteiger partial charge < -0.3 is 14.5 Å². The van der Waals surface area contributed by atoms with E-state index in [4.69, 9.17) is 0 Å². The van der Waals surface area contributed by atoms with E-state index in [0.29, 0.717) is 26.2 Å². The minimum atomic E-state index is -0.548. The standard InChI is InChI=1S/C15H17FN2O3/c1-21-15(20)7-6-14(19)18-10-8-17(9-11-18)13-4-2-12(16)3-5-13/h2-7H,8-11H2,1H3/b7-6-. The maximum atomic E-state index is 12.9. The fourth-order valence-corrected chi connectivity index (χ4v) is 2.15. The lowest BCUT2D eigenvalue weighted by molar-refractivity contribution is -0.135. The third-order valence-electron chi connectivity index (χ3n) is 3.35. The number of anilines is 1. The van der Waals surface area contributed by atoms with Gasteiger partial charge in [-0.25, -0.2) is 9.18 Å². The monoisotopic (exact) mass is 292 g/mol. The van der Waals surface area contributed by atoms with Gasteiger partial charge in [-0.15, -0.1) is 0 Å². The predicted octanol–water partition coefficient (Wildman–Crippen LogP) is 1.20. The molecule has 21 heavy (non-hydrogen) atoms. The molecule has 0 bridgehead atoms. The number of amides is 1. The van der Waals surface area contributed by atoms with Crippen molar-refractivity contribution in [3.8, 4) is 0 Å². The molecule has 5 nitrogen and oxygen atoms in total. The molecule has 0 unspecified atom stereocenters. The number of rotatable bonds is 3. The summed E-state index contributed by atoms with van der Waals surface area (Å²) in [5.41, 5.74) is 0.939. The van der Waals surface area contributed by atoms with E-state index in [2.05, 4.69) is 9.64 Å². The SMILES string of the molecule is COC(=O)/C=C\C(=O)N1CCN(c2ccc(F)cc2)CC1. The number of methoxy groups -OCH3 is 1. The third kappa shape index (κ3) is 4.05. The number of nitrogens with zero attached hydrogens (tertiary/aromatic N) is 2. The second-order valence-electron chi connectivity index (χ2n) is 4.65. The van der Waals surface area contributed by atoms with Gasteiger partial charge in [-0.2, -0.15) is 0 Å². The lowest BCUT2D eigenvalue weighted by Crippen LogP contribution is -2.48. The average molecular weight is 292 g/mol. The Bertz CT molecular complexity index is 534. The molecule has 1 saturated heterocycles. The summed E-state index contributed by atoms with van der Waals surface area (Å²) >= 11 is 0. The highest BCUT2D eigenvalue weighted by Gasteiger charge is 2.19. The summed E-state index contributed by atoms with van der Waals surface area (Å²) in [6, 6.07) is 6.30. The van der Waals surface area contributed by atoms with Crippen molar-refractivity contribution in [2.24, 2.45) is 0 Å². The highest BCUT2D eigenvalue weighted by atomic mass is 19.1. The molecular weight excluding hydrogens is 275 g/mol. The van der Waals surface area contributed by atoms with Crippen molar-refractivity contribution in [3.63, 3.8) is 0 Å². The highest BCUT2D eigenvalue weighted by Crippen LogP contribution is 2.16. The quantitative estimate of drug-likeness (QED) is 0.620. The van der Waals surface area contributed by atoms with Crippen molar-refractivity contribution >= 4 is 17.6 Å². The molecule has 1 aromatic rings. The molecule has 1 aliphatic rings. The first-order chi connectivity index (χ1) is 10.1. The van der Waals surface area contributed by atoms with E-state index in [1.807, 2.05) is 0 Å². The fourth-order valence-electron chi connectivity index (χ4n) is 2.15. The van der Waals surface area contributed by atoms with Crippen LogP contribution >= 0.6 is 0 Å². The van der Waals surface area contributed by atoms with Crippen LogP contribution in [0.15, 0.2) is 36.4 Å². The Labute approximate surface area is 122 Å². The van der Waals surface area contributed by atoms with Crippen LogP contribution in [0.25, 0.3) is 0 Å². The second kappa shape index (κ2) is 6.88. The van der Waals surface area contributed by atoms with Gasteiger partial charge in [0.25, 0.3) is 0 Å². The second-order valence-corrected chi connectivity index (χ2v) is 4.65. The topological polar surface area (TPSA) is 49.9 Å². The van der Waals surface area contributed by atoms with E-state index in [-0.39, 0.29) is 11.7 Å². The number of piperazine rings is 1. The van der Waals surface area contributed by atoms with Crippen molar-refractivity contribution in [1.29, 1.82) is 0 Å². The van der Waals surface area contributed by atoms with Crippen molar-refractivity contribution in [1.82, 2.24) is 4.90 Å². The number of hydrogen-bond donors (Lipinski definition) is 0. The Balaban J connectivity index is 1.88. The zero-order valence-electron chi connectivity index (χ0n) is 11.8. The van der Waals surface area contributed by atoms with Gasteiger partial charge in [-0.05, 0) is 24.3 Å². The van der Waals surface area contributed by atoms with E-state index in [0.717, 1.165) is 11.8 Å². The molecule has 0 N–H and O–H groups in total. The first kappa shape index (κ1) is 15.0. The summed E-state index contributed by atoms with van der Waals surface area (Å²) in [6.07, 6.45) is 2.34. The molecule has 6 heteroatoms. The maximum absolute atomic E-state index is 12.9.